The summed E-state index contributed by atoms with van der Waals surface area (Å²) in [6, 6.07) is 4.03. The Morgan fingerprint density at radius 3 is 2.22 bits per heavy atom. The Morgan fingerprint density at radius 2 is 1.67 bits per heavy atom. The first-order valence-corrected chi connectivity index (χ1v) is 6.44. The molecule has 18 heavy (non-hydrogen) atoms. The van der Waals surface area contributed by atoms with Crippen LogP contribution in [0.5, 0.6) is 0 Å². The fourth-order valence-corrected chi connectivity index (χ4v) is 3.35. The third-order valence-corrected chi connectivity index (χ3v) is 4.11. The van der Waals surface area contributed by atoms with Crippen LogP contribution in [0.4, 0.5) is 13.2 Å². The summed E-state index contributed by atoms with van der Waals surface area (Å²) >= 11 is 0. The summed E-state index contributed by atoms with van der Waals surface area (Å²) in [5.74, 6) is -1.28. The third-order valence-electron chi connectivity index (χ3n) is 4.11. The van der Waals surface area contributed by atoms with Gasteiger partial charge in [-0.15, -0.1) is 0 Å². The van der Waals surface area contributed by atoms with E-state index in [9.17, 15) is 13.2 Å². The van der Waals surface area contributed by atoms with E-state index in [1.807, 2.05) is 0 Å². The van der Waals surface area contributed by atoms with Gasteiger partial charge in [-0.3, -0.25) is 0 Å². The van der Waals surface area contributed by atoms with Gasteiger partial charge in [-0.25, -0.2) is 13.2 Å². The molecule has 2 aliphatic rings. The number of alkyl halides is 1. The second kappa shape index (κ2) is 4.26. The molecule has 0 radical (unpaired) electrons. The summed E-state index contributed by atoms with van der Waals surface area (Å²) in [5.41, 5.74) is -1.58. The first-order valence-electron chi connectivity index (χ1n) is 6.44. The van der Waals surface area contributed by atoms with Crippen molar-refractivity contribution in [3.8, 4) is 0 Å². The highest BCUT2D eigenvalue weighted by Crippen LogP contribution is 2.39. The molecule has 2 fully saturated rings. The van der Waals surface area contributed by atoms with Gasteiger partial charge >= 0.3 is 0 Å². The van der Waals surface area contributed by atoms with E-state index in [0.717, 1.165) is 12.8 Å². The van der Waals surface area contributed by atoms with Crippen LogP contribution in [-0.4, -0.2) is 17.8 Å². The molecule has 4 heteroatoms. The number of halogens is 3. The molecule has 0 spiro atoms. The van der Waals surface area contributed by atoms with Crippen LogP contribution in [0.1, 0.15) is 31.2 Å². The summed E-state index contributed by atoms with van der Waals surface area (Å²) in [6.45, 7) is 0. The van der Waals surface area contributed by atoms with Crippen molar-refractivity contribution in [3.63, 3.8) is 0 Å². The van der Waals surface area contributed by atoms with Crippen molar-refractivity contribution in [1.82, 2.24) is 5.32 Å². The fraction of sp³-hybridized carbons (Fsp3) is 0.571. The van der Waals surface area contributed by atoms with Crippen molar-refractivity contribution in [2.45, 2.75) is 49.9 Å². The first-order chi connectivity index (χ1) is 8.56. The summed E-state index contributed by atoms with van der Waals surface area (Å²) in [5, 5.41) is 3.33. The normalized spacial score (nSPS) is 34.8. The van der Waals surface area contributed by atoms with Gasteiger partial charge in [-0.2, -0.15) is 0 Å². The zero-order chi connectivity index (χ0) is 12.8. The highest BCUT2D eigenvalue weighted by Gasteiger charge is 2.44. The lowest BCUT2D eigenvalue weighted by molar-refractivity contribution is 0.0873. The van der Waals surface area contributed by atoms with Gasteiger partial charge in [0.15, 0.2) is 0 Å². The molecule has 0 saturated carbocycles. The van der Waals surface area contributed by atoms with Gasteiger partial charge in [0, 0.05) is 24.1 Å². The van der Waals surface area contributed by atoms with Crippen LogP contribution >= 0.6 is 0 Å². The van der Waals surface area contributed by atoms with Gasteiger partial charge in [0.05, 0.1) is 0 Å². The third kappa shape index (κ3) is 2.14. The number of rotatable bonds is 2. The number of nitrogens with one attached hydrogen (secondary N) is 1. The minimum Gasteiger partial charge on any atom is -0.311 e. The number of benzene rings is 1. The van der Waals surface area contributed by atoms with E-state index in [0.29, 0.717) is 12.8 Å². The van der Waals surface area contributed by atoms with Gasteiger partial charge in [-0.05, 0) is 37.8 Å². The Labute approximate surface area is 104 Å². The fourth-order valence-electron chi connectivity index (χ4n) is 3.35. The Balaban J connectivity index is 1.83. The Hall–Kier alpha value is -1.03. The summed E-state index contributed by atoms with van der Waals surface area (Å²) in [4.78, 5) is 0. The smallest absolute Gasteiger partial charge is 0.129 e. The van der Waals surface area contributed by atoms with Crippen LogP contribution in [-0.2, 0) is 6.42 Å². The molecule has 98 valence electrons. The number of hydrogen-bond donors (Lipinski definition) is 1. The Kier molecular flexibility index (Phi) is 2.85. The first kappa shape index (κ1) is 12.0. The van der Waals surface area contributed by atoms with Gasteiger partial charge in [0.1, 0.15) is 17.3 Å². The van der Waals surface area contributed by atoms with E-state index in [-0.39, 0.29) is 24.1 Å². The molecule has 3 rings (SSSR count). The zero-order valence-corrected chi connectivity index (χ0v) is 10.1. The quantitative estimate of drug-likeness (QED) is 0.856. The second-order valence-electron chi connectivity index (χ2n) is 5.57. The lowest BCUT2D eigenvalue weighted by Gasteiger charge is -2.35. The molecule has 1 N–H and O–H groups in total. The number of hydrogen-bond acceptors (Lipinski definition) is 1. The lowest BCUT2D eigenvalue weighted by atomic mass is 9.84. The molecule has 2 unspecified atom stereocenters. The average molecular weight is 255 g/mol. The van der Waals surface area contributed by atoms with Crippen LogP contribution in [0.3, 0.4) is 0 Å². The maximum Gasteiger partial charge on any atom is 0.129 e. The van der Waals surface area contributed by atoms with Crippen LogP contribution in [0.15, 0.2) is 18.2 Å². The predicted molar refractivity (Wildman–Crippen MR) is 63.1 cm³/mol. The van der Waals surface area contributed by atoms with Crippen molar-refractivity contribution >= 4 is 0 Å². The van der Waals surface area contributed by atoms with E-state index >= 15 is 0 Å². The molecule has 0 amide bonds. The molecule has 2 atom stereocenters. The zero-order valence-electron chi connectivity index (χ0n) is 10.1. The molecule has 2 saturated heterocycles. The maximum atomic E-state index is 14.8. The number of piperidine rings is 1. The van der Waals surface area contributed by atoms with E-state index in [4.69, 9.17) is 0 Å². The highest BCUT2D eigenvalue weighted by atomic mass is 19.1. The lowest BCUT2D eigenvalue weighted by Crippen LogP contribution is -2.47. The molecule has 2 aliphatic heterocycles. The van der Waals surface area contributed by atoms with E-state index in [1.165, 1.54) is 18.2 Å². The minimum atomic E-state index is -1.47. The molecule has 1 aromatic rings. The van der Waals surface area contributed by atoms with Crippen LogP contribution in [0.2, 0.25) is 0 Å². The maximum absolute atomic E-state index is 14.8. The monoisotopic (exact) mass is 255 g/mol. The minimum absolute atomic E-state index is 0.110. The van der Waals surface area contributed by atoms with Gasteiger partial charge < -0.3 is 5.32 Å². The Morgan fingerprint density at radius 1 is 1.11 bits per heavy atom. The highest BCUT2D eigenvalue weighted by molar-refractivity contribution is 5.22. The average Bonchev–Trinajstić information content (AvgIpc) is 2.64. The number of fused-ring (bicyclic) bond motifs is 2. The van der Waals surface area contributed by atoms with Crippen molar-refractivity contribution in [1.29, 1.82) is 0 Å². The molecular weight excluding hydrogens is 239 g/mol. The summed E-state index contributed by atoms with van der Waals surface area (Å²) in [6.07, 6.45) is 2.50. The molecule has 2 heterocycles. The Bertz CT molecular complexity index is 428. The predicted octanol–water partition coefficient (Wildman–Crippen LogP) is 3.13. The van der Waals surface area contributed by atoms with Gasteiger partial charge in [0.25, 0.3) is 0 Å². The molecule has 2 bridgehead atoms. The second-order valence-corrected chi connectivity index (χ2v) is 5.57. The van der Waals surface area contributed by atoms with Gasteiger partial charge in [0.2, 0.25) is 0 Å². The van der Waals surface area contributed by atoms with Crippen molar-refractivity contribution < 1.29 is 13.2 Å². The SMILES string of the molecule is Fc1cccc(F)c1CC1(F)CC2CCC(C1)N2. The topological polar surface area (TPSA) is 12.0 Å². The molecule has 0 aromatic heterocycles. The van der Waals surface area contributed by atoms with Crippen LogP contribution < -0.4 is 5.32 Å². The standard InChI is InChI=1S/C14H16F3N/c15-12-2-1-3-13(16)11(12)8-14(17)6-9-4-5-10(7-14)18-9/h1-3,9-10,18H,4-8H2. The van der Waals surface area contributed by atoms with Gasteiger partial charge in [-0.1, -0.05) is 6.07 Å². The van der Waals surface area contributed by atoms with E-state index < -0.39 is 17.3 Å². The van der Waals surface area contributed by atoms with E-state index in [2.05, 4.69) is 5.32 Å². The molecule has 1 nitrogen and oxygen atoms in total. The van der Waals surface area contributed by atoms with E-state index in [1.54, 1.807) is 0 Å². The van der Waals surface area contributed by atoms with Crippen LogP contribution in [0.25, 0.3) is 0 Å². The van der Waals surface area contributed by atoms with Crippen molar-refractivity contribution in [3.05, 3.63) is 35.4 Å². The van der Waals surface area contributed by atoms with Crippen molar-refractivity contribution in [2.24, 2.45) is 0 Å². The molecular formula is C14H16F3N. The summed E-state index contributed by atoms with van der Waals surface area (Å²) < 4.78 is 41.9. The largest absolute Gasteiger partial charge is 0.311 e. The van der Waals surface area contributed by atoms with Crippen LogP contribution in [0, 0.1) is 11.6 Å². The van der Waals surface area contributed by atoms with Crippen molar-refractivity contribution in [2.75, 3.05) is 0 Å². The summed E-state index contributed by atoms with van der Waals surface area (Å²) in [7, 11) is 0. The molecule has 0 aliphatic carbocycles. The molecule has 1 aromatic carbocycles.